The predicted molar refractivity (Wildman–Crippen MR) is 67.8 cm³/mol. The van der Waals surface area contributed by atoms with Crippen LogP contribution in [0.15, 0.2) is 23.1 Å². The Hall–Kier alpha value is -1.18. The highest BCUT2D eigenvalue weighted by atomic mass is 35.5. The van der Waals surface area contributed by atoms with Crippen molar-refractivity contribution in [3.05, 3.63) is 39.1 Å². The molecule has 0 amide bonds. The Labute approximate surface area is 115 Å². The minimum absolute atomic E-state index is 0.0502. The molecular formula is C10H6ClFN2O2S2. The zero-order valence-corrected chi connectivity index (χ0v) is 11.2. The highest BCUT2D eigenvalue weighted by Crippen LogP contribution is 2.28. The summed E-state index contributed by atoms with van der Waals surface area (Å²) >= 11 is 7.99. The molecule has 1 aromatic carbocycles. The van der Waals surface area contributed by atoms with Crippen molar-refractivity contribution < 1.29 is 14.3 Å². The van der Waals surface area contributed by atoms with Crippen LogP contribution < -0.4 is 0 Å². The summed E-state index contributed by atoms with van der Waals surface area (Å²) < 4.78 is 13.8. The molecule has 0 atom stereocenters. The van der Waals surface area contributed by atoms with Crippen molar-refractivity contribution in [1.82, 2.24) is 10.2 Å². The van der Waals surface area contributed by atoms with Gasteiger partial charge in [0, 0.05) is 4.90 Å². The maximum Gasteiger partial charge on any atom is 0.335 e. The van der Waals surface area contributed by atoms with Gasteiger partial charge in [0.05, 0.1) is 11.3 Å². The maximum atomic E-state index is 13.5. The van der Waals surface area contributed by atoms with Gasteiger partial charge in [0.1, 0.15) is 10.8 Å². The third-order valence-electron chi connectivity index (χ3n) is 1.97. The number of hydrogen-bond donors (Lipinski definition) is 1. The van der Waals surface area contributed by atoms with Crippen LogP contribution in [-0.2, 0) is 5.75 Å². The Morgan fingerprint density at radius 2 is 2.28 bits per heavy atom. The number of aromatic carboxylic acids is 1. The van der Waals surface area contributed by atoms with Crippen molar-refractivity contribution >= 4 is 40.7 Å². The second-order valence-corrected chi connectivity index (χ2v) is 5.85. The number of halogens is 2. The second-order valence-electron chi connectivity index (χ2n) is 3.19. The fourth-order valence-corrected chi connectivity index (χ4v) is 3.01. The summed E-state index contributed by atoms with van der Waals surface area (Å²) in [5, 5.41) is 16.9. The van der Waals surface area contributed by atoms with E-state index in [0.717, 1.165) is 17.8 Å². The molecule has 4 nitrogen and oxygen atoms in total. The van der Waals surface area contributed by atoms with Crippen molar-refractivity contribution in [1.29, 1.82) is 0 Å². The fraction of sp³-hybridized carbons (Fsp3) is 0.100. The first-order chi connectivity index (χ1) is 8.56. The second kappa shape index (κ2) is 5.64. The molecule has 0 spiro atoms. The van der Waals surface area contributed by atoms with Gasteiger partial charge >= 0.3 is 5.97 Å². The number of aromatic nitrogens is 2. The van der Waals surface area contributed by atoms with E-state index in [1.165, 1.54) is 23.5 Å². The van der Waals surface area contributed by atoms with Crippen LogP contribution in [0, 0.1) is 5.82 Å². The van der Waals surface area contributed by atoms with Gasteiger partial charge in [0.15, 0.2) is 0 Å². The maximum absolute atomic E-state index is 13.5. The van der Waals surface area contributed by atoms with Gasteiger partial charge in [0.2, 0.25) is 4.47 Å². The summed E-state index contributed by atoms with van der Waals surface area (Å²) in [6, 6.07) is 3.66. The standard InChI is InChI=1S/C10H6ClFN2O2S2/c11-10-14-13-8(18-10)4-17-7-3-5(9(15)16)1-2-6(7)12/h1-3H,4H2,(H,15,16). The van der Waals surface area contributed by atoms with E-state index < -0.39 is 11.8 Å². The van der Waals surface area contributed by atoms with Crippen LogP contribution in [0.2, 0.25) is 4.47 Å². The van der Waals surface area contributed by atoms with Crippen molar-refractivity contribution in [2.24, 2.45) is 0 Å². The topological polar surface area (TPSA) is 63.1 Å². The molecule has 0 fully saturated rings. The lowest BCUT2D eigenvalue weighted by atomic mass is 10.2. The predicted octanol–water partition coefficient (Wildman–Crippen LogP) is 3.32. The Bertz CT molecular complexity index is 591. The zero-order chi connectivity index (χ0) is 13.1. The molecule has 0 aliphatic rings. The van der Waals surface area contributed by atoms with Gasteiger partial charge in [-0.15, -0.1) is 22.0 Å². The van der Waals surface area contributed by atoms with Gasteiger partial charge < -0.3 is 5.11 Å². The summed E-state index contributed by atoms with van der Waals surface area (Å²) in [5.41, 5.74) is 0.0502. The molecule has 0 saturated carbocycles. The van der Waals surface area contributed by atoms with E-state index in [2.05, 4.69) is 10.2 Å². The molecule has 0 saturated heterocycles. The molecule has 0 bridgehead atoms. The van der Waals surface area contributed by atoms with Crippen LogP contribution in [0.1, 0.15) is 15.4 Å². The Morgan fingerprint density at radius 3 is 2.89 bits per heavy atom. The van der Waals surface area contributed by atoms with Crippen LogP contribution in [-0.4, -0.2) is 21.3 Å². The number of nitrogens with zero attached hydrogens (tertiary/aromatic N) is 2. The quantitative estimate of drug-likeness (QED) is 0.878. The minimum Gasteiger partial charge on any atom is -0.478 e. The Morgan fingerprint density at radius 1 is 1.50 bits per heavy atom. The molecule has 0 unspecified atom stereocenters. The molecule has 2 aromatic rings. The third-order valence-corrected chi connectivity index (χ3v) is 4.21. The van der Waals surface area contributed by atoms with Crippen molar-refractivity contribution in [3.8, 4) is 0 Å². The van der Waals surface area contributed by atoms with Gasteiger partial charge in [-0.3, -0.25) is 0 Å². The zero-order valence-electron chi connectivity index (χ0n) is 8.76. The normalized spacial score (nSPS) is 10.6. The van der Waals surface area contributed by atoms with Crippen molar-refractivity contribution in [2.75, 3.05) is 0 Å². The minimum atomic E-state index is -1.09. The number of carboxylic acids is 1. The van der Waals surface area contributed by atoms with E-state index >= 15 is 0 Å². The number of carboxylic acid groups (broad SMARTS) is 1. The number of carbonyl (C=O) groups is 1. The number of thioether (sulfide) groups is 1. The molecule has 1 aromatic heterocycles. The molecule has 18 heavy (non-hydrogen) atoms. The van der Waals surface area contributed by atoms with Crippen LogP contribution >= 0.6 is 34.7 Å². The van der Waals surface area contributed by atoms with E-state index in [1.54, 1.807) is 0 Å². The Kier molecular flexibility index (Phi) is 4.15. The highest BCUT2D eigenvalue weighted by Gasteiger charge is 2.10. The number of benzene rings is 1. The van der Waals surface area contributed by atoms with E-state index in [1.807, 2.05) is 0 Å². The van der Waals surface area contributed by atoms with Crippen LogP contribution in [0.5, 0.6) is 0 Å². The monoisotopic (exact) mass is 304 g/mol. The molecule has 2 rings (SSSR count). The van der Waals surface area contributed by atoms with Gasteiger partial charge in [-0.05, 0) is 29.8 Å². The van der Waals surface area contributed by atoms with E-state index in [-0.39, 0.29) is 10.5 Å². The first-order valence-electron chi connectivity index (χ1n) is 4.70. The van der Waals surface area contributed by atoms with Gasteiger partial charge in [-0.1, -0.05) is 11.3 Å². The lowest BCUT2D eigenvalue weighted by Crippen LogP contribution is -1.97. The third kappa shape index (κ3) is 3.18. The largest absolute Gasteiger partial charge is 0.478 e. The summed E-state index contributed by atoms with van der Waals surface area (Å²) in [6.07, 6.45) is 0. The van der Waals surface area contributed by atoms with Crippen molar-refractivity contribution in [2.45, 2.75) is 10.6 Å². The van der Waals surface area contributed by atoms with Crippen LogP contribution in [0.25, 0.3) is 0 Å². The smallest absolute Gasteiger partial charge is 0.335 e. The van der Waals surface area contributed by atoms with E-state index in [9.17, 15) is 9.18 Å². The molecular weight excluding hydrogens is 299 g/mol. The van der Waals surface area contributed by atoms with Gasteiger partial charge in [-0.2, -0.15) is 0 Å². The summed E-state index contributed by atoms with van der Waals surface area (Å²) in [4.78, 5) is 11.0. The molecule has 1 N–H and O–H groups in total. The average molecular weight is 305 g/mol. The van der Waals surface area contributed by atoms with E-state index in [0.29, 0.717) is 15.2 Å². The summed E-state index contributed by atoms with van der Waals surface area (Å²) in [5.74, 6) is -1.15. The van der Waals surface area contributed by atoms with E-state index in [4.69, 9.17) is 16.7 Å². The van der Waals surface area contributed by atoms with Crippen molar-refractivity contribution in [3.63, 3.8) is 0 Å². The highest BCUT2D eigenvalue weighted by molar-refractivity contribution is 7.98. The first-order valence-corrected chi connectivity index (χ1v) is 6.88. The summed E-state index contributed by atoms with van der Waals surface area (Å²) in [7, 11) is 0. The van der Waals surface area contributed by atoms with Crippen LogP contribution in [0.4, 0.5) is 4.39 Å². The van der Waals surface area contributed by atoms with Crippen LogP contribution in [0.3, 0.4) is 0 Å². The van der Waals surface area contributed by atoms with Gasteiger partial charge in [-0.25, -0.2) is 9.18 Å². The SMILES string of the molecule is O=C(O)c1ccc(F)c(SCc2nnc(Cl)s2)c1. The fourth-order valence-electron chi connectivity index (χ4n) is 1.18. The molecule has 94 valence electrons. The number of hydrogen-bond acceptors (Lipinski definition) is 5. The molecule has 1 heterocycles. The number of rotatable bonds is 4. The Balaban J connectivity index is 2.13. The molecule has 0 aliphatic carbocycles. The molecule has 0 aliphatic heterocycles. The summed E-state index contributed by atoms with van der Waals surface area (Å²) in [6.45, 7) is 0. The molecule has 0 radical (unpaired) electrons. The lowest BCUT2D eigenvalue weighted by molar-refractivity contribution is 0.0696. The van der Waals surface area contributed by atoms with Gasteiger partial charge in [0.25, 0.3) is 0 Å². The first kappa shape index (κ1) is 13.3. The average Bonchev–Trinajstić information content (AvgIpc) is 2.74. The molecule has 8 heteroatoms. The lowest BCUT2D eigenvalue weighted by Gasteiger charge is -2.02.